The first-order valence-electron chi connectivity index (χ1n) is 7.58. The first kappa shape index (κ1) is 15.7. The summed E-state index contributed by atoms with van der Waals surface area (Å²) in [5.41, 5.74) is 1.08. The number of likely N-dealkylation sites (N-methyl/N-ethyl adjacent to an activating group) is 1. The van der Waals surface area contributed by atoms with Crippen molar-refractivity contribution in [2.24, 2.45) is 0 Å². The van der Waals surface area contributed by atoms with Crippen molar-refractivity contribution in [3.05, 3.63) is 24.3 Å². The Kier molecular flexibility index (Phi) is 4.40. The second-order valence-electron chi connectivity index (χ2n) is 6.03. The van der Waals surface area contributed by atoms with Crippen molar-refractivity contribution in [1.29, 1.82) is 0 Å². The van der Waals surface area contributed by atoms with Gasteiger partial charge >= 0.3 is 0 Å². The Morgan fingerprint density at radius 3 is 2.23 bits per heavy atom. The van der Waals surface area contributed by atoms with Gasteiger partial charge in [-0.1, -0.05) is 0 Å². The van der Waals surface area contributed by atoms with E-state index in [9.17, 15) is 8.42 Å². The second kappa shape index (κ2) is 6.16. The number of benzene rings is 1. The molecule has 0 aliphatic carbocycles. The van der Waals surface area contributed by atoms with E-state index >= 15 is 0 Å². The van der Waals surface area contributed by atoms with E-state index in [0.717, 1.165) is 18.8 Å². The van der Waals surface area contributed by atoms with E-state index in [1.54, 1.807) is 12.1 Å². The van der Waals surface area contributed by atoms with Crippen LogP contribution in [-0.2, 0) is 14.8 Å². The van der Waals surface area contributed by atoms with Crippen molar-refractivity contribution in [2.45, 2.75) is 10.9 Å². The van der Waals surface area contributed by atoms with Crippen LogP contribution in [0.5, 0.6) is 0 Å². The van der Waals surface area contributed by atoms with E-state index in [4.69, 9.17) is 4.74 Å². The van der Waals surface area contributed by atoms with Crippen LogP contribution in [0.2, 0.25) is 0 Å². The number of morpholine rings is 1. The molecular weight excluding hydrogens is 302 g/mol. The summed E-state index contributed by atoms with van der Waals surface area (Å²) in [6.07, 6.45) is 0. The number of rotatable bonds is 4. The first-order valence-corrected chi connectivity index (χ1v) is 9.02. The molecule has 2 saturated heterocycles. The molecule has 2 aliphatic rings. The maximum Gasteiger partial charge on any atom is 0.243 e. The van der Waals surface area contributed by atoms with Crippen LogP contribution in [0.4, 0.5) is 5.69 Å². The fourth-order valence-corrected chi connectivity index (χ4v) is 4.17. The predicted molar refractivity (Wildman–Crippen MR) is 85.7 cm³/mol. The maximum absolute atomic E-state index is 12.5. The standard InChI is InChI=1S/C15H23N3O3S/c1-16(2)14-11-17(12-14)13-3-5-15(6-4-13)22(19,20)18-7-9-21-10-8-18/h3-6,14H,7-12H2,1-2H3. The summed E-state index contributed by atoms with van der Waals surface area (Å²) >= 11 is 0. The molecule has 1 aromatic carbocycles. The number of hydrogen-bond donors (Lipinski definition) is 0. The summed E-state index contributed by atoms with van der Waals surface area (Å²) in [6, 6.07) is 7.81. The molecule has 2 aliphatic heterocycles. The fourth-order valence-electron chi connectivity index (χ4n) is 2.76. The molecule has 0 unspecified atom stereocenters. The smallest absolute Gasteiger partial charge is 0.243 e. The molecule has 2 fully saturated rings. The highest BCUT2D eigenvalue weighted by Crippen LogP contribution is 2.25. The van der Waals surface area contributed by atoms with Gasteiger partial charge in [0.25, 0.3) is 0 Å². The lowest BCUT2D eigenvalue weighted by atomic mass is 10.1. The molecule has 2 heterocycles. The Morgan fingerprint density at radius 1 is 1.09 bits per heavy atom. The van der Waals surface area contributed by atoms with Gasteiger partial charge in [-0.25, -0.2) is 8.42 Å². The molecule has 0 atom stereocenters. The summed E-state index contributed by atoms with van der Waals surface area (Å²) in [5, 5.41) is 0. The SMILES string of the molecule is CN(C)C1CN(c2ccc(S(=O)(=O)N3CCOCC3)cc2)C1. The van der Waals surface area contributed by atoms with Crippen molar-refractivity contribution in [3.63, 3.8) is 0 Å². The molecule has 0 spiro atoms. The van der Waals surface area contributed by atoms with Crippen molar-refractivity contribution < 1.29 is 13.2 Å². The van der Waals surface area contributed by atoms with Gasteiger partial charge in [0.2, 0.25) is 10.0 Å². The molecule has 0 amide bonds. The molecular formula is C15H23N3O3S. The van der Waals surface area contributed by atoms with Crippen molar-refractivity contribution in [2.75, 3.05) is 58.4 Å². The van der Waals surface area contributed by atoms with Gasteiger partial charge in [-0.2, -0.15) is 4.31 Å². The minimum absolute atomic E-state index is 0.364. The number of nitrogens with zero attached hydrogens (tertiary/aromatic N) is 3. The van der Waals surface area contributed by atoms with Crippen LogP contribution in [-0.4, -0.2) is 77.2 Å². The summed E-state index contributed by atoms with van der Waals surface area (Å²) in [6.45, 7) is 3.78. The Balaban J connectivity index is 1.69. The highest BCUT2D eigenvalue weighted by Gasteiger charge is 2.29. The minimum Gasteiger partial charge on any atom is -0.379 e. The van der Waals surface area contributed by atoms with Gasteiger partial charge in [0.1, 0.15) is 0 Å². The van der Waals surface area contributed by atoms with E-state index in [-0.39, 0.29) is 0 Å². The van der Waals surface area contributed by atoms with E-state index < -0.39 is 10.0 Å². The highest BCUT2D eigenvalue weighted by atomic mass is 32.2. The van der Waals surface area contributed by atoms with Crippen molar-refractivity contribution in [3.8, 4) is 0 Å². The van der Waals surface area contributed by atoms with Gasteiger partial charge in [-0.15, -0.1) is 0 Å². The van der Waals surface area contributed by atoms with Gasteiger partial charge in [0.05, 0.1) is 18.1 Å². The lowest BCUT2D eigenvalue weighted by molar-refractivity contribution is 0.0730. The van der Waals surface area contributed by atoms with E-state index in [0.29, 0.717) is 37.2 Å². The molecule has 0 saturated carbocycles. The van der Waals surface area contributed by atoms with Crippen LogP contribution in [0.25, 0.3) is 0 Å². The van der Waals surface area contributed by atoms with E-state index in [1.807, 2.05) is 12.1 Å². The number of anilines is 1. The summed E-state index contributed by atoms with van der Waals surface area (Å²) < 4.78 is 31.8. The van der Waals surface area contributed by atoms with E-state index in [2.05, 4.69) is 23.9 Å². The summed E-state index contributed by atoms with van der Waals surface area (Å²) in [4.78, 5) is 4.84. The molecule has 6 nitrogen and oxygen atoms in total. The molecule has 0 bridgehead atoms. The fraction of sp³-hybridized carbons (Fsp3) is 0.600. The molecule has 3 rings (SSSR count). The van der Waals surface area contributed by atoms with Crippen LogP contribution in [0, 0.1) is 0 Å². The number of hydrogen-bond acceptors (Lipinski definition) is 5. The van der Waals surface area contributed by atoms with Crippen LogP contribution in [0.15, 0.2) is 29.2 Å². The summed E-state index contributed by atoms with van der Waals surface area (Å²) in [5.74, 6) is 0. The topological polar surface area (TPSA) is 53.1 Å². The third kappa shape index (κ3) is 2.99. The Bertz CT molecular complexity index is 603. The van der Waals surface area contributed by atoms with Gasteiger partial charge in [-0.05, 0) is 38.4 Å². The van der Waals surface area contributed by atoms with Gasteiger partial charge in [0.15, 0.2) is 0 Å². The molecule has 22 heavy (non-hydrogen) atoms. The van der Waals surface area contributed by atoms with Crippen LogP contribution >= 0.6 is 0 Å². The molecule has 0 N–H and O–H groups in total. The van der Waals surface area contributed by atoms with E-state index in [1.165, 1.54) is 4.31 Å². The minimum atomic E-state index is -3.39. The number of ether oxygens (including phenoxy) is 1. The highest BCUT2D eigenvalue weighted by molar-refractivity contribution is 7.89. The molecule has 122 valence electrons. The lowest BCUT2D eigenvalue weighted by Crippen LogP contribution is -2.57. The van der Waals surface area contributed by atoms with Crippen LogP contribution < -0.4 is 4.90 Å². The van der Waals surface area contributed by atoms with Gasteiger partial charge in [0, 0.05) is 37.9 Å². The maximum atomic E-state index is 12.5. The second-order valence-corrected chi connectivity index (χ2v) is 7.97. The van der Waals surface area contributed by atoms with Gasteiger partial charge in [-0.3, -0.25) is 0 Å². The lowest BCUT2D eigenvalue weighted by Gasteiger charge is -2.44. The average Bonchev–Trinajstić information content (AvgIpc) is 2.47. The Hall–Kier alpha value is -1.15. The third-order valence-electron chi connectivity index (χ3n) is 4.40. The average molecular weight is 325 g/mol. The largest absolute Gasteiger partial charge is 0.379 e. The van der Waals surface area contributed by atoms with Crippen molar-refractivity contribution in [1.82, 2.24) is 9.21 Å². The number of sulfonamides is 1. The van der Waals surface area contributed by atoms with Crippen LogP contribution in [0.3, 0.4) is 0 Å². The zero-order chi connectivity index (χ0) is 15.7. The van der Waals surface area contributed by atoms with Crippen molar-refractivity contribution >= 4 is 15.7 Å². The molecule has 1 aromatic rings. The van der Waals surface area contributed by atoms with Gasteiger partial charge < -0.3 is 14.5 Å². The summed E-state index contributed by atoms with van der Waals surface area (Å²) in [7, 11) is 0.776. The third-order valence-corrected chi connectivity index (χ3v) is 6.32. The quantitative estimate of drug-likeness (QED) is 0.805. The molecule has 0 radical (unpaired) electrons. The molecule has 7 heteroatoms. The zero-order valence-corrected chi connectivity index (χ0v) is 13.9. The zero-order valence-electron chi connectivity index (χ0n) is 13.1. The predicted octanol–water partition coefficient (Wildman–Crippen LogP) is 0.458. The Morgan fingerprint density at radius 2 is 1.68 bits per heavy atom. The monoisotopic (exact) mass is 325 g/mol. The first-order chi connectivity index (χ1) is 10.5. The molecule has 0 aromatic heterocycles. The Labute approximate surface area is 132 Å². The normalized spacial score (nSPS) is 21.1. The van der Waals surface area contributed by atoms with Crippen LogP contribution in [0.1, 0.15) is 0 Å².